The molecule has 1 aliphatic rings. The van der Waals surface area contributed by atoms with Gasteiger partial charge in [-0.2, -0.15) is 0 Å². The van der Waals surface area contributed by atoms with Crippen LogP contribution in [0.15, 0.2) is 23.2 Å². The van der Waals surface area contributed by atoms with Crippen LogP contribution in [0.3, 0.4) is 0 Å². The van der Waals surface area contributed by atoms with E-state index in [1.165, 1.54) is 24.0 Å². The van der Waals surface area contributed by atoms with Gasteiger partial charge in [-0.1, -0.05) is 17.7 Å². The SMILES string of the molecule is CN=C(NCCc1cc(C)ccc1OC)N(C)CCOCC1CC1.I. The monoisotopic (exact) mass is 461 g/mol. The Labute approximate surface area is 169 Å². The molecule has 0 aliphatic heterocycles. The quantitative estimate of drug-likeness (QED) is 0.266. The minimum Gasteiger partial charge on any atom is -0.496 e. The van der Waals surface area contributed by atoms with Crippen LogP contribution >= 0.6 is 24.0 Å². The van der Waals surface area contributed by atoms with Gasteiger partial charge in [0.25, 0.3) is 0 Å². The van der Waals surface area contributed by atoms with Gasteiger partial charge in [-0.15, -0.1) is 24.0 Å². The first-order valence-electron chi connectivity index (χ1n) is 8.77. The van der Waals surface area contributed by atoms with Gasteiger partial charge >= 0.3 is 0 Å². The number of nitrogens with one attached hydrogen (secondary N) is 1. The van der Waals surface area contributed by atoms with Gasteiger partial charge in [-0.3, -0.25) is 4.99 Å². The highest BCUT2D eigenvalue weighted by Crippen LogP contribution is 2.28. The molecule has 1 N–H and O–H groups in total. The largest absolute Gasteiger partial charge is 0.496 e. The fourth-order valence-electron chi connectivity index (χ4n) is 2.64. The van der Waals surface area contributed by atoms with Crippen molar-refractivity contribution in [2.75, 3.05) is 47.5 Å². The number of guanidine groups is 1. The Morgan fingerprint density at radius 1 is 1.36 bits per heavy atom. The summed E-state index contributed by atoms with van der Waals surface area (Å²) in [7, 11) is 5.58. The summed E-state index contributed by atoms with van der Waals surface area (Å²) in [6, 6.07) is 6.28. The molecular weight excluding hydrogens is 429 g/mol. The highest BCUT2D eigenvalue weighted by molar-refractivity contribution is 14.0. The molecule has 2 rings (SSSR count). The predicted octanol–water partition coefficient (Wildman–Crippen LogP) is 3.10. The number of halogens is 1. The van der Waals surface area contributed by atoms with E-state index in [0.717, 1.165) is 50.4 Å². The van der Waals surface area contributed by atoms with Crippen molar-refractivity contribution in [2.45, 2.75) is 26.2 Å². The van der Waals surface area contributed by atoms with Crippen LogP contribution in [0.25, 0.3) is 0 Å². The number of rotatable bonds is 9. The maximum Gasteiger partial charge on any atom is 0.193 e. The van der Waals surface area contributed by atoms with Crippen LogP contribution in [0.4, 0.5) is 0 Å². The van der Waals surface area contributed by atoms with E-state index in [1.54, 1.807) is 7.11 Å². The lowest BCUT2D eigenvalue weighted by Gasteiger charge is -2.22. The van der Waals surface area contributed by atoms with Crippen molar-refractivity contribution in [3.05, 3.63) is 29.3 Å². The number of likely N-dealkylation sites (N-methyl/N-ethyl adjacent to an activating group) is 1. The number of hydrogen-bond acceptors (Lipinski definition) is 3. The van der Waals surface area contributed by atoms with Crippen LogP contribution in [0.2, 0.25) is 0 Å². The zero-order valence-corrected chi connectivity index (χ0v) is 18.2. The molecule has 1 aromatic rings. The Morgan fingerprint density at radius 3 is 2.76 bits per heavy atom. The summed E-state index contributed by atoms with van der Waals surface area (Å²) in [5.41, 5.74) is 2.47. The third kappa shape index (κ3) is 7.81. The number of hydrogen-bond donors (Lipinski definition) is 1. The Balaban J connectivity index is 0.00000312. The number of methoxy groups -OCH3 is 1. The summed E-state index contributed by atoms with van der Waals surface area (Å²) >= 11 is 0. The zero-order valence-electron chi connectivity index (χ0n) is 15.9. The predicted molar refractivity (Wildman–Crippen MR) is 114 cm³/mol. The van der Waals surface area contributed by atoms with Crippen molar-refractivity contribution >= 4 is 29.9 Å². The number of aliphatic imine (C=N–C) groups is 1. The molecule has 0 aromatic heterocycles. The second kappa shape index (κ2) is 11.6. The topological polar surface area (TPSA) is 46.1 Å². The van der Waals surface area contributed by atoms with Gasteiger partial charge in [-0.25, -0.2) is 0 Å². The summed E-state index contributed by atoms with van der Waals surface area (Å²) in [6.07, 6.45) is 3.57. The third-order valence-electron chi connectivity index (χ3n) is 4.31. The van der Waals surface area contributed by atoms with Crippen molar-refractivity contribution in [3.63, 3.8) is 0 Å². The Kier molecular flexibility index (Phi) is 10.2. The smallest absolute Gasteiger partial charge is 0.193 e. The van der Waals surface area contributed by atoms with Crippen LogP contribution in [-0.2, 0) is 11.2 Å². The first kappa shape index (κ1) is 22.0. The minimum atomic E-state index is 0. The van der Waals surface area contributed by atoms with Crippen molar-refractivity contribution in [2.24, 2.45) is 10.9 Å². The average molecular weight is 461 g/mol. The van der Waals surface area contributed by atoms with Crippen LogP contribution in [-0.4, -0.2) is 58.4 Å². The van der Waals surface area contributed by atoms with Crippen LogP contribution in [0, 0.1) is 12.8 Å². The molecule has 1 aliphatic carbocycles. The van der Waals surface area contributed by atoms with Crippen molar-refractivity contribution in [1.82, 2.24) is 10.2 Å². The van der Waals surface area contributed by atoms with Gasteiger partial charge in [0.15, 0.2) is 5.96 Å². The summed E-state index contributed by atoms with van der Waals surface area (Å²) < 4.78 is 11.1. The van der Waals surface area contributed by atoms with E-state index in [9.17, 15) is 0 Å². The number of nitrogens with zero attached hydrogens (tertiary/aromatic N) is 2. The molecule has 0 spiro atoms. The maximum absolute atomic E-state index is 5.70. The number of aryl methyl sites for hydroxylation is 1. The Hall–Kier alpha value is -1.02. The zero-order chi connectivity index (χ0) is 17.4. The Bertz CT molecular complexity index is 547. The van der Waals surface area contributed by atoms with Gasteiger partial charge in [-0.05, 0) is 43.7 Å². The van der Waals surface area contributed by atoms with Crippen molar-refractivity contribution in [1.29, 1.82) is 0 Å². The lowest BCUT2D eigenvalue weighted by atomic mass is 10.1. The van der Waals surface area contributed by atoms with Gasteiger partial charge in [0.2, 0.25) is 0 Å². The molecule has 1 saturated carbocycles. The van der Waals surface area contributed by atoms with Gasteiger partial charge < -0.3 is 19.7 Å². The highest BCUT2D eigenvalue weighted by Gasteiger charge is 2.21. The number of ether oxygens (including phenoxy) is 2. The molecular formula is C19H32IN3O2. The molecule has 1 aromatic carbocycles. The molecule has 0 amide bonds. The second-order valence-corrected chi connectivity index (χ2v) is 6.48. The molecule has 25 heavy (non-hydrogen) atoms. The van der Waals surface area contributed by atoms with Crippen molar-refractivity contribution < 1.29 is 9.47 Å². The summed E-state index contributed by atoms with van der Waals surface area (Å²) in [4.78, 5) is 6.46. The minimum absolute atomic E-state index is 0. The van der Waals surface area contributed by atoms with Crippen molar-refractivity contribution in [3.8, 4) is 5.75 Å². The summed E-state index contributed by atoms with van der Waals surface area (Å²) in [6.45, 7) is 5.43. The van der Waals surface area contributed by atoms with Gasteiger partial charge in [0, 0.05) is 33.8 Å². The second-order valence-electron chi connectivity index (χ2n) is 6.48. The molecule has 0 atom stereocenters. The molecule has 6 heteroatoms. The molecule has 142 valence electrons. The lowest BCUT2D eigenvalue weighted by molar-refractivity contribution is 0.115. The lowest BCUT2D eigenvalue weighted by Crippen LogP contribution is -2.41. The number of benzene rings is 1. The summed E-state index contributed by atoms with van der Waals surface area (Å²) in [5, 5.41) is 3.42. The standard InChI is InChI=1S/C19H31N3O2.HI/c1-15-5-8-18(23-4)17(13-15)9-10-21-19(20-2)22(3)11-12-24-14-16-6-7-16;/h5,8,13,16H,6-7,9-12,14H2,1-4H3,(H,20,21);1H. The van der Waals surface area contributed by atoms with Gasteiger partial charge in [0.05, 0.1) is 13.7 Å². The molecule has 1 fully saturated rings. The Morgan fingerprint density at radius 2 is 2.12 bits per heavy atom. The third-order valence-corrected chi connectivity index (χ3v) is 4.31. The first-order chi connectivity index (χ1) is 11.6. The molecule has 0 saturated heterocycles. The van der Waals surface area contributed by atoms with Crippen LogP contribution in [0.1, 0.15) is 24.0 Å². The molecule has 0 bridgehead atoms. The highest BCUT2D eigenvalue weighted by atomic mass is 127. The fourth-order valence-corrected chi connectivity index (χ4v) is 2.64. The normalized spacial score (nSPS) is 14.0. The van der Waals surface area contributed by atoms with E-state index < -0.39 is 0 Å². The molecule has 5 nitrogen and oxygen atoms in total. The van der Waals surface area contributed by atoms with E-state index >= 15 is 0 Å². The molecule has 0 unspecified atom stereocenters. The maximum atomic E-state index is 5.70. The van der Waals surface area contributed by atoms with Gasteiger partial charge in [0.1, 0.15) is 5.75 Å². The van der Waals surface area contributed by atoms with E-state index in [-0.39, 0.29) is 24.0 Å². The molecule has 0 heterocycles. The summed E-state index contributed by atoms with van der Waals surface area (Å²) in [5.74, 6) is 2.66. The molecule has 0 radical (unpaired) electrons. The van der Waals surface area contributed by atoms with E-state index in [4.69, 9.17) is 9.47 Å². The first-order valence-corrected chi connectivity index (χ1v) is 8.77. The van der Waals surface area contributed by atoms with Crippen LogP contribution in [0.5, 0.6) is 5.75 Å². The van der Waals surface area contributed by atoms with E-state index in [2.05, 4.69) is 34.3 Å². The average Bonchev–Trinajstić information content (AvgIpc) is 3.40. The van der Waals surface area contributed by atoms with E-state index in [0.29, 0.717) is 0 Å². The van der Waals surface area contributed by atoms with Crippen LogP contribution < -0.4 is 10.1 Å². The fraction of sp³-hybridized carbons (Fsp3) is 0.632. The van der Waals surface area contributed by atoms with E-state index in [1.807, 2.05) is 20.2 Å².